The second-order valence-corrected chi connectivity index (χ2v) is 6.55. The normalized spacial score (nSPS) is 18.9. The average Bonchev–Trinajstić information content (AvgIpc) is 2.74. The molecule has 2 N–H and O–H groups in total. The summed E-state index contributed by atoms with van der Waals surface area (Å²) >= 11 is 0. The smallest absolute Gasteiger partial charge is 0.221 e. The van der Waals surface area contributed by atoms with Crippen LogP contribution in [-0.2, 0) is 27.8 Å². The van der Waals surface area contributed by atoms with E-state index in [1.807, 2.05) is 10.8 Å². The maximum atomic E-state index is 11.7. The van der Waals surface area contributed by atoms with E-state index in [0.717, 1.165) is 31.5 Å². The highest BCUT2D eigenvalue weighted by atomic mass is 32.2. The number of rotatable bonds is 5. The van der Waals surface area contributed by atoms with Crippen LogP contribution in [0.1, 0.15) is 18.7 Å². The van der Waals surface area contributed by atoms with Crippen LogP contribution in [0.5, 0.6) is 0 Å². The van der Waals surface area contributed by atoms with Crippen LogP contribution in [0.4, 0.5) is 0 Å². The van der Waals surface area contributed by atoms with E-state index in [4.69, 9.17) is 0 Å². The summed E-state index contributed by atoms with van der Waals surface area (Å²) in [5.41, 5.74) is 0. The van der Waals surface area contributed by atoms with E-state index in [9.17, 15) is 13.2 Å². The maximum absolute atomic E-state index is 11.7. The zero-order valence-corrected chi connectivity index (χ0v) is 11.6. The van der Waals surface area contributed by atoms with Crippen molar-refractivity contribution in [2.45, 2.75) is 31.8 Å². The predicted molar refractivity (Wildman–Crippen MR) is 69.9 cm³/mol. The first-order valence-corrected chi connectivity index (χ1v) is 8.07. The lowest BCUT2D eigenvalue weighted by Gasteiger charge is -2.24. The van der Waals surface area contributed by atoms with Crippen LogP contribution < -0.4 is 10.0 Å². The Morgan fingerprint density at radius 3 is 3.11 bits per heavy atom. The molecule has 19 heavy (non-hydrogen) atoms. The molecule has 7 nitrogen and oxygen atoms in total. The Balaban J connectivity index is 1.75. The molecule has 0 fully saturated rings. The lowest BCUT2D eigenvalue weighted by atomic mass is 10.1. The Bertz CT molecular complexity index is 552. The fraction of sp³-hybridized carbons (Fsp3) is 0.636. The van der Waals surface area contributed by atoms with Crippen molar-refractivity contribution in [2.75, 3.05) is 12.8 Å². The standard InChI is InChI=1S/C11H18N4O3S/c1-19(17,18)13-5-4-11(16)14-9-2-3-10-12-6-7-15(10)8-9/h6-7,9,13H,2-5,8H2,1H3,(H,14,16)/t9-/m1/s1. The van der Waals surface area contributed by atoms with Crippen molar-refractivity contribution in [3.63, 3.8) is 0 Å². The van der Waals surface area contributed by atoms with Gasteiger partial charge >= 0.3 is 0 Å². The molecule has 1 aromatic heterocycles. The van der Waals surface area contributed by atoms with Crippen molar-refractivity contribution in [3.8, 4) is 0 Å². The summed E-state index contributed by atoms with van der Waals surface area (Å²) in [6, 6.07) is 0.0902. The van der Waals surface area contributed by atoms with E-state index in [1.54, 1.807) is 6.20 Å². The number of sulfonamides is 1. The highest BCUT2D eigenvalue weighted by Gasteiger charge is 2.20. The molecule has 0 spiro atoms. The Morgan fingerprint density at radius 1 is 1.58 bits per heavy atom. The van der Waals surface area contributed by atoms with Gasteiger partial charge in [-0.05, 0) is 6.42 Å². The average molecular weight is 286 g/mol. The fourth-order valence-corrected chi connectivity index (χ4v) is 2.61. The number of nitrogens with one attached hydrogen (secondary N) is 2. The van der Waals surface area contributed by atoms with E-state index < -0.39 is 10.0 Å². The van der Waals surface area contributed by atoms with Gasteiger partial charge in [-0.2, -0.15) is 0 Å². The summed E-state index contributed by atoms with van der Waals surface area (Å²) in [6.45, 7) is 0.855. The van der Waals surface area contributed by atoms with Crippen molar-refractivity contribution in [3.05, 3.63) is 18.2 Å². The lowest BCUT2D eigenvalue weighted by molar-refractivity contribution is -0.121. The third-order valence-corrected chi connectivity index (χ3v) is 3.75. The zero-order chi connectivity index (χ0) is 13.9. The van der Waals surface area contributed by atoms with Crippen LogP contribution in [0.25, 0.3) is 0 Å². The molecular formula is C11H18N4O3S. The molecule has 106 valence electrons. The van der Waals surface area contributed by atoms with Crippen molar-refractivity contribution in [2.24, 2.45) is 0 Å². The molecule has 0 saturated heterocycles. The van der Waals surface area contributed by atoms with Gasteiger partial charge in [0.05, 0.1) is 6.26 Å². The topological polar surface area (TPSA) is 93.1 Å². The number of hydrogen-bond acceptors (Lipinski definition) is 4. The van der Waals surface area contributed by atoms with Crippen LogP contribution in [-0.4, -0.2) is 42.7 Å². The molecule has 1 aromatic rings. The number of nitrogens with zero attached hydrogens (tertiary/aromatic N) is 2. The Labute approximate surface area is 112 Å². The molecule has 1 atom stereocenters. The minimum absolute atomic E-state index is 0.0902. The zero-order valence-electron chi connectivity index (χ0n) is 10.8. The predicted octanol–water partition coefficient (Wildman–Crippen LogP) is -0.747. The van der Waals surface area contributed by atoms with Crippen molar-refractivity contribution < 1.29 is 13.2 Å². The molecule has 0 aliphatic carbocycles. The lowest BCUT2D eigenvalue weighted by Crippen LogP contribution is -2.41. The van der Waals surface area contributed by atoms with Crippen molar-refractivity contribution >= 4 is 15.9 Å². The first kappa shape index (κ1) is 14.0. The number of carbonyl (C=O) groups is 1. The summed E-state index contributed by atoms with van der Waals surface area (Å²) in [4.78, 5) is 15.9. The Hall–Kier alpha value is -1.41. The number of aromatic nitrogens is 2. The van der Waals surface area contributed by atoms with Gasteiger partial charge in [0.15, 0.2) is 0 Å². The van der Waals surface area contributed by atoms with Gasteiger partial charge in [-0.15, -0.1) is 0 Å². The van der Waals surface area contributed by atoms with Crippen molar-refractivity contribution in [1.29, 1.82) is 0 Å². The van der Waals surface area contributed by atoms with Crippen LogP contribution >= 0.6 is 0 Å². The van der Waals surface area contributed by atoms with E-state index in [1.165, 1.54) is 0 Å². The number of aryl methyl sites for hydroxylation is 1. The molecule has 0 radical (unpaired) electrons. The second-order valence-electron chi connectivity index (χ2n) is 4.72. The van der Waals surface area contributed by atoms with Crippen LogP contribution in [0, 0.1) is 0 Å². The molecule has 8 heteroatoms. The van der Waals surface area contributed by atoms with Crippen molar-refractivity contribution in [1.82, 2.24) is 19.6 Å². The molecule has 0 saturated carbocycles. The van der Waals surface area contributed by atoms with E-state index in [-0.39, 0.29) is 24.9 Å². The summed E-state index contributed by atoms with van der Waals surface area (Å²) in [6.07, 6.45) is 6.60. The monoisotopic (exact) mass is 286 g/mol. The minimum atomic E-state index is -3.23. The van der Waals surface area contributed by atoms with E-state index in [0.29, 0.717) is 0 Å². The molecule has 2 heterocycles. The number of imidazole rings is 1. The number of amides is 1. The molecule has 0 aromatic carbocycles. The SMILES string of the molecule is CS(=O)(=O)NCCC(=O)N[C@@H]1CCc2nccn2C1. The summed E-state index contributed by atoms with van der Waals surface area (Å²) in [5.74, 6) is 0.911. The maximum Gasteiger partial charge on any atom is 0.221 e. The number of carbonyl (C=O) groups excluding carboxylic acids is 1. The molecular weight excluding hydrogens is 268 g/mol. The summed E-state index contributed by atoms with van der Waals surface area (Å²) in [7, 11) is -3.23. The van der Waals surface area contributed by atoms with Crippen LogP contribution in [0.3, 0.4) is 0 Å². The first-order valence-electron chi connectivity index (χ1n) is 6.18. The highest BCUT2D eigenvalue weighted by molar-refractivity contribution is 7.88. The van der Waals surface area contributed by atoms with Gasteiger partial charge in [0.2, 0.25) is 15.9 Å². The molecule has 2 rings (SSSR count). The Kier molecular flexibility index (Phi) is 4.20. The third kappa shape index (κ3) is 4.32. The van der Waals surface area contributed by atoms with Gasteiger partial charge in [-0.1, -0.05) is 0 Å². The number of hydrogen-bond donors (Lipinski definition) is 2. The van der Waals surface area contributed by atoms with Crippen LogP contribution in [0.15, 0.2) is 12.4 Å². The van der Waals surface area contributed by atoms with Gasteiger partial charge in [0.1, 0.15) is 5.82 Å². The van der Waals surface area contributed by atoms with E-state index >= 15 is 0 Å². The fourth-order valence-electron chi connectivity index (χ4n) is 2.13. The van der Waals surface area contributed by atoms with Gasteiger partial charge in [0, 0.05) is 44.4 Å². The number of fused-ring (bicyclic) bond motifs is 1. The molecule has 1 aliphatic heterocycles. The summed E-state index contributed by atoms with van der Waals surface area (Å²) < 4.78 is 26.0. The second kappa shape index (κ2) is 5.70. The quantitative estimate of drug-likeness (QED) is 0.745. The van der Waals surface area contributed by atoms with Gasteiger partial charge in [-0.3, -0.25) is 4.79 Å². The van der Waals surface area contributed by atoms with Gasteiger partial charge < -0.3 is 9.88 Å². The molecule has 1 aliphatic rings. The molecule has 0 unspecified atom stereocenters. The van der Waals surface area contributed by atoms with Gasteiger partial charge in [-0.25, -0.2) is 18.1 Å². The largest absolute Gasteiger partial charge is 0.352 e. The highest BCUT2D eigenvalue weighted by Crippen LogP contribution is 2.12. The Morgan fingerprint density at radius 2 is 2.37 bits per heavy atom. The first-order chi connectivity index (χ1) is 8.94. The van der Waals surface area contributed by atoms with E-state index in [2.05, 4.69) is 15.0 Å². The third-order valence-electron chi connectivity index (χ3n) is 3.02. The summed E-state index contributed by atoms with van der Waals surface area (Å²) in [5, 5.41) is 2.91. The van der Waals surface area contributed by atoms with Gasteiger partial charge in [0.25, 0.3) is 0 Å². The molecule has 0 bridgehead atoms. The van der Waals surface area contributed by atoms with Crippen LogP contribution in [0.2, 0.25) is 0 Å². The molecule has 1 amide bonds. The minimum Gasteiger partial charge on any atom is -0.352 e.